The Hall–Kier alpha value is -4.25. The molecule has 1 atom stereocenters. The third-order valence-corrected chi connectivity index (χ3v) is 10.1. The van der Waals surface area contributed by atoms with E-state index in [-0.39, 0.29) is 28.6 Å². The number of fused-ring (bicyclic) bond motifs is 1. The molecule has 48 heavy (non-hydrogen) atoms. The molecule has 5 rings (SSSR count). The van der Waals surface area contributed by atoms with E-state index in [9.17, 15) is 18.0 Å². The number of rotatable bonds is 11. The third-order valence-electron chi connectivity index (χ3n) is 7.53. The number of nitrogens with one attached hydrogen (secondary N) is 1. The maximum Gasteiger partial charge on any atom is 0.264 e. The zero-order valence-corrected chi connectivity index (χ0v) is 29.2. The highest BCUT2D eigenvalue weighted by atomic mass is 35.5. The molecule has 1 heterocycles. The second kappa shape index (κ2) is 14.9. The summed E-state index contributed by atoms with van der Waals surface area (Å²) in [6, 6.07) is 25.9. The van der Waals surface area contributed by atoms with E-state index < -0.39 is 40.0 Å². The lowest BCUT2D eigenvalue weighted by Crippen LogP contribution is -2.56. The average molecular weight is 711 g/mol. The molecule has 0 radical (unpaired) electrons. The van der Waals surface area contributed by atoms with Crippen molar-refractivity contribution in [1.82, 2.24) is 10.2 Å². The summed E-state index contributed by atoms with van der Waals surface area (Å²) in [6.45, 7) is 5.54. The van der Waals surface area contributed by atoms with Crippen LogP contribution < -0.4 is 19.1 Å². The first-order chi connectivity index (χ1) is 22.8. The van der Waals surface area contributed by atoms with Gasteiger partial charge < -0.3 is 19.7 Å². The summed E-state index contributed by atoms with van der Waals surface area (Å²) in [7, 11) is -4.28. The van der Waals surface area contributed by atoms with Gasteiger partial charge in [0.15, 0.2) is 11.5 Å². The highest BCUT2D eigenvalue weighted by molar-refractivity contribution is 7.92. The number of ether oxygens (including phenoxy) is 2. The van der Waals surface area contributed by atoms with Crippen LogP contribution in [0, 0.1) is 0 Å². The van der Waals surface area contributed by atoms with Crippen LogP contribution >= 0.6 is 23.2 Å². The average Bonchev–Trinajstić information content (AvgIpc) is 3.06. The van der Waals surface area contributed by atoms with E-state index >= 15 is 0 Å². The molecular formula is C36H37Cl2N3O6S. The molecule has 1 unspecified atom stereocenters. The van der Waals surface area contributed by atoms with Crippen LogP contribution in [0.5, 0.6) is 11.5 Å². The number of sulfonamides is 1. The molecule has 0 bridgehead atoms. The maximum atomic E-state index is 14.7. The number of anilines is 1. The van der Waals surface area contributed by atoms with Gasteiger partial charge in [-0.2, -0.15) is 0 Å². The lowest BCUT2D eigenvalue weighted by molar-refractivity contribution is -0.140. The van der Waals surface area contributed by atoms with Gasteiger partial charge in [-0.25, -0.2) is 8.42 Å². The molecule has 0 saturated heterocycles. The third kappa shape index (κ3) is 8.61. The van der Waals surface area contributed by atoms with E-state index in [2.05, 4.69) is 5.32 Å². The van der Waals surface area contributed by atoms with Crippen molar-refractivity contribution < 1.29 is 27.5 Å². The monoisotopic (exact) mass is 709 g/mol. The fourth-order valence-corrected chi connectivity index (χ4v) is 7.02. The zero-order chi connectivity index (χ0) is 34.5. The number of benzene rings is 4. The van der Waals surface area contributed by atoms with Gasteiger partial charge in [0.05, 0.1) is 20.6 Å². The van der Waals surface area contributed by atoms with Crippen molar-refractivity contribution in [3.05, 3.63) is 118 Å². The molecule has 1 aliphatic rings. The molecule has 0 aliphatic carbocycles. The molecule has 9 nitrogen and oxygen atoms in total. The summed E-state index contributed by atoms with van der Waals surface area (Å²) in [6.07, 6.45) is 0.172. The molecule has 252 valence electrons. The first-order valence-electron chi connectivity index (χ1n) is 15.4. The van der Waals surface area contributed by atoms with Crippen LogP contribution in [0.2, 0.25) is 10.0 Å². The van der Waals surface area contributed by atoms with E-state index in [4.69, 9.17) is 32.7 Å². The van der Waals surface area contributed by atoms with Crippen LogP contribution in [0.25, 0.3) is 0 Å². The van der Waals surface area contributed by atoms with Crippen LogP contribution in [-0.4, -0.2) is 56.5 Å². The molecule has 1 aliphatic heterocycles. The lowest BCUT2D eigenvalue weighted by atomic mass is 10.0. The van der Waals surface area contributed by atoms with E-state index in [1.165, 1.54) is 17.0 Å². The Morgan fingerprint density at radius 2 is 1.46 bits per heavy atom. The molecule has 2 amide bonds. The number of halogens is 2. The van der Waals surface area contributed by atoms with Gasteiger partial charge in [-0.15, -0.1) is 0 Å². The first kappa shape index (κ1) is 35.1. The highest BCUT2D eigenvalue weighted by Gasteiger charge is 2.36. The molecule has 0 spiro atoms. The summed E-state index contributed by atoms with van der Waals surface area (Å²) in [5.74, 6) is -0.174. The topological polar surface area (TPSA) is 105 Å². The molecule has 12 heteroatoms. The van der Waals surface area contributed by atoms with Crippen molar-refractivity contribution in [2.75, 3.05) is 24.1 Å². The van der Waals surface area contributed by atoms with Crippen molar-refractivity contribution in [3.63, 3.8) is 0 Å². The van der Waals surface area contributed by atoms with Gasteiger partial charge in [0.2, 0.25) is 11.8 Å². The molecule has 0 saturated carbocycles. The summed E-state index contributed by atoms with van der Waals surface area (Å²) >= 11 is 12.6. The predicted octanol–water partition coefficient (Wildman–Crippen LogP) is 6.51. The summed E-state index contributed by atoms with van der Waals surface area (Å²) in [5.41, 5.74) is 1.01. The van der Waals surface area contributed by atoms with Gasteiger partial charge in [-0.3, -0.25) is 13.9 Å². The van der Waals surface area contributed by atoms with E-state index in [1.54, 1.807) is 54.6 Å². The Labute approximate surface area is 291 Å². The van der Waals surface area contributed by atoms with Crippen molar-refractivity contribution >= 4 is 50.7 Å². The zero-order valence-electron chi connectivity index (χ0n) is 26.9. The van der Waals surface area contributed by atoms with Crippen molar-refractivity contribution in [2.45, 2.75) is 50.2 Å². The van der Waals surface area contributed by atoms with Gasteiger partial charge in [-0.1, -0.05) is 77.8 Å². The standard InChI is InChI=1S/C36H37Cl2N3O6S/c1-36(2,3)39-35(43)31(21-25-10-6-4-7-11-25)40(23-26-14-16-29(37)30(38)20-26)34(42)24-41(48(44,45)28-12-8-5-9-13-28)27-15-17-32-33(22-27)47-19-18-46-32/h4-17,20,22,31H,18-19,21,23-24H2,1-3H3,(H,39,43). The van der Waals surface area contributed by atoms with E-state index in [1.807, 2.05) is 51.1 Å². The van der Waals surface area contributed by atoms with Crippen LogP contribution in [-0.2, 0) is 32.6 Å². The minimum absolute atomic E-state index is 0.00460. The second-order valence-electron chi connectivity index (χ2n) is 12.4. The number of carbonyl (C=O) groups excluding carboxylic acids is 2. The second-order valence-corrected chi connectivity index (χ2v) is 15.0. The normalized spacial score (nSPS) is 13.4. The minimum atomic E-state index is -4.28. The largest absolute Gasteiger partial charge is 0.486 e. The number of carbonyl (C=O) groups is 2. The molecule has 0 fully saturated rings. The van der Waals surface area contributed by atoms with Crippen LogP contribution in [0.3, 0.4) is 0 Å². The number of hydrogen-bond acceptors (Lipinski definition) is 6. The van der Waals surface area contributed by atoms with Crippen molar-refractivity contribution in [1.29, 1.82) is 0 Å². The Morgan fingerprint density at radius 1 is 0.812 bits per heavy atom. The molecule has 4 aromatic rings. The van der Waals surface area contributed by atoms with Crippen molar-refractivity contribution in [3.8, 4) is 11.5 Å². The number of amides is 2. The summed E-state index contributed by atoms with van der Waals surface area (Å²) < 4.78 is 40.9. The van der Waals surface area contributed by atoms with Gasteiger partial charge >= 0.3 is 0 Å². The quantitative estimate of drug-likeness (QED) is 0.190. The van der Waals surface area contributed by atoms with Gasteiger partial charge in [-0.05, 0) is 68.3 Å². The van der Waals surface area contributed by atoms with Crippen LogP contribution in [0.15, 0.2) is 102 Å². The fourth-order valence-electron chi connectivity index (χ4n) is 5.28. The first-order valence-corrected chi connectivity index (χ1v) is 17.6. The lowest BCUT2D eigenvalue weighted by Gasteiger charge is -2.35. The summed E-state index contributed by atoms with van der Waals surface area (Å²) in [4.78, 5) is 30.1. The van der Waals surface area contributed by atoms with Crippen molar-refractivity contribution in [2.24, 2.45) is 0 Å². The Balaban J connectivity index is 1.61. The maximum absolute atomic E-state index is 14.7. The Morgan fingerprint density at radius 3 is 2.10 bits per heavy atom. The Kier molecular flexibility index (Phi) is 10.9. The summed E-state index contributed by atoms with van der Waals surface area (Å²) in [5, 5.41) is 3.63. The Bertz CT molecular complexity index is 1870. The minimum Gasteiger partial charge on any atom is -0.486 e. The molecule has 0 aromatic heterocycles. The SMILES string of the molecule is CC(C)(C)NC(=O)C(Cc1ccccc1)N(Cc1ccc(Cl)c(Cl)c1)C(=O)CN(c1ccc2c(c1)OCCO2)S(=O)(=O)c1ccccc1. The molecule has 4 aromatic carbocycles. The number of nitrogens with zero attached hydrogens (tertiary/aromatic N) is 2. The van der Waals surface area contributed by atoms with Crippen LogP contribution in [0.1, 0.15) is 31.9 Å². The van der Waals surface area contributed by atoms with E-state index in [0.717, 1.165) is 9.87 Å². The fraction of sp³-hybridized carbons (Fsp3) is 0.278. The predicted molar refractivity (Wildman–Crippen MR) is 187 cm³/mol. The number of hydrogen-bond donors (Lipinski definition) is 1. The molecular weight excluding hydrogens is 673 g/mol. The van der Waals surface area contributed by atoms with Gasteiger partial charge in [0.1, 0.15) is 25.8 Å². The van der Waals surface area contributed by atoms with E-state index in [0.29, 0.717) is 35.3 Å². The molecule has 1 N–H and O–H groups in total. The smallest absolute Gasteiger partial charge is 0.264 e. The highest BCUT2D eigenvalue weighted by Crippen LogP contribution is 2.36. The van der Waals surface area contributed by atoms with Gasteiger partial charge in [0, 0.05) is 24.6 Å². The van der Waals surface area contributed by atoms with Crippen LogP contribution in [0.4, 0.5) is 5.69 Å². The van der Waals surface area contributed by atoms with Gasteiger partial charge in [0.25, 0.3) is 10.0 Å².